The summed E-state index contributed by atoms with van der Waals surface area (Å²) in [6.07, 6.45) is 8.09. The molecular formula is C19H36N6+2. The fourth-order valence-corrected chi connectivity index (χ4v) is 3.06. The normalized spacial score (nSPS) is 13.4. The Bertz CT molecular complexity index is 623. The van der Waals surface area contributed by atoms with Gasteiger partial charge in [-0.15, -0.1) is 9.36 Å². The lowest BCUT2D eigenvalue weighted by Crippen LogP contribution is -2.48. The second-order valence-electron chi connectivity index (χ2n) is 10.5. The summed E-state index contributed by atoms with van der Waals surface area (Å²) >= 11 is 0. The zero-order valence-electron chi connectivity index (χ0n) is 17.3. The molecule has 0 amide bonds. The minimum absolute atomic E-state index is 0.112. The van der Waals surface area contributed by atoms with E-state index < -0.39 is 0 Å². The molecule has 0 aromatic carbocycles. The lowest BCUT2D eigenvalue weighted by molar-refractivity contribution is -0.747. The van der Waals surface area contributed by atoms with Crippen LogP contribution in [0, 0.1) is 16.2 Å². The molecule has 140 valence electrons. The van der Waals surface area contributed by atoms with Crippen molar-refractivity contribution in [1.82, 2.24) is 19.6 Å². The molecular weight excluding hydrogens is 312 g/mol. The highest BCUT2D eigenvalue weighted by atomic mass is 15.4. The Labute approximate surface area is 152 Å². The van der Waals surface area contributed by atoms with Crippen LogP contribution in [0.1, 0.15) is 55.4 Å². The van der Waals surface area contributed by atoms with Crippen LogP contribution < -0.4 is 9.13 Å². The molecule has 0 bridgehead atoms. The van der Waals surface area contributed by atoms with E-state index in [9.17, 15) is 0 Å². The van der Waals surface area contributed by atoms with Gasteiger partial charge >= 0.3 is 0 Å². The van der Waals surface area contributed by atoms with Gasteiger partial charge in [-0.25, -0.2) is 9.13 Å². The molecule has 6 nitrogen and oxygen atoms in total. The van der Waals surface area contributed by atoms with Crippen molar-refractivity contribution in [1.29, 1.82) is 0 Å². The molecule has 2 heterocycles. The van der Waals surface area contributed by atoms with Gasteiger partial charge in [0.2, 0.25) is 12.7 Å². The highest BCUT2D eigenvalue weighted by Crippen LogP contribution is 2.17. The maximum absolute atomic E-state index is 4.49. The van der Waals surface area contributed by atoms with Crippen LogP contribution in [0.4, 0.5) is 0 Å². The molecule has 0 N–H and O–H groups in total. The van der Waals surface area contributed by atoms with Gasteiger partial charge in [-0.1, -0.05) is 55.4 Å². The minimum atomic E-state index is 0.112. The van der Waals surface area contributed by atoms with Crippen LogP contribution in [0.25, 0.3) is 0 Å². The summed E-state index contributed by atoms with van der Waals surface area (Å²) in [5.74, 6) is 0. The van der Waals surface area contributed by atoms with E-state index in [4.69, 9.17) is 0 Å². The molecule has 0 spiro atoms. The summed E-state index contributed by atoms with van der Waals surface area (Å²) in [5.41, 5.74) is 0.578. The number of hydrogen-bond acceptors (Lipinski definition) is 2. The minimum Gasteiger partial charge on any atom is -0.236 e. The summed E-state index contributed by atoms with van der Waals surface area (Å²) in [5, 5.41) is 8.99. The first-order valence-corrected chi connectivity index (χ1v) is 9.14. The first kappa shape index (κ1) is 19.6. The Hall–Kier alpha value is -1.72. The number of hydrogen-bond donors (Lipinski definition) is 0. The van der Waals surface area contributed by atoms with Crippen molar-refractivity contribution in [3.05, 3.63) is 25.3 Å². The van der Waals surface area contributed by atoms with Crippen LogP contribution in [0.15, 0.2) is 25.3 Å². The van der Waals surface area contributed by atoms with E-state index in [0.29, 0.717) is 0 Å². The Kier molecular flexibility index (Phi) is 5.40. The molecule has 2 rings (SSSR count). The molecule has 6 heteroatoms. The van der Waals surface area contributed by atoms with Gasteiger partial charge in [0.25, 0.3) is 12.7 Å². The second kappa shape index (κ2) is 6.89. The van der Waals surface area contributed by atoms with Gasteiger partial charge in [0.15, 0.2) is 0 Å². The fourth-order valence-electron chi connectivity index (χ4n) is 3.06. The third-order valence-corrected chi connectivity index (χ3v) is 3.75. The van der Waals surface area contributed by atoms with Gasteiger partial charge < -0.3 is 0 Å². The van der Waals surface area contributed by atoms with Gasteiger partial charge in [-0.05, 0) is 10.8 Å². The Morgan fingerprint density at radius 1 is 0.680 bits per heavy atom. The maximum atomic E-state index is 4.49. The monoisotopic (exact) mass is 348 g/mol. The van der Waals surface area contributed by atoms with E-state index in [1.807, 2.05) is 22.0 Å². The van der Waals surface area contributed by atoms with Crippen molar-refractivity contribution < 1.29 is 9.13 Å². The summed E-state index contributed by atoms with van der Waals surface area (Å²) in [4.78, 5) is 0. The Morgan fingerprint density at radius 3 is 1.36 bits per heavy atom. The molecule has 0 saturated heterocycles. The number of aromatic nitrogens is 6. The average Bonchev–Trinajstić information content (AvgIpc) is 2.94. The third-order valence-electron chi connectivity index (χ3n) is 3.75. The quantitative estimate of drug-likeness (QED) is 0.753. The first-order chi connectivity index (χ1) is 11.3. The molecule has 2 aromatic heterocycles. The van der Waals surface area contributed by atoms with Crippen LogP contribution >= 0.6 is 0 Å². The van der Waals surface area contributed by atoms with E-state index in [0.717, 1.165) is 26.2 Å². The summed E-state index contributed by atoms with van der Waals surface area (Å²) in [7, 11) is 0. The SMILES string of the molecule is CC(C)(C)Cn1c[n+](CC(C)(C)C[n+]2cnn(CC(C)(C)C)c2)cn1. The Morgan fingerprint density at radius 2 is 1.04 bits per heavy atom. The summed E-state index contributed by atoms with van der Waals surface area (Å²) in [6.45, 7) is 21.7. The van der Waals surface area contributed by atoms with Crippen LogP contribution in [0.2, 0.25) is 0 Å². The molecule has 0 atom stereocenters. The van der Waals surface area contributed by atoms with Crippen molar-refractivity contribution in [2.45, 2.75) is 81.6 Å². The predicted octanol–water partition coefficient (Wildman–Crippen LogP) is 2.47. The van der Waals surface area contributed by atoms with Gasteiger partial charge in [-0.3, -0.25) is 0 Å². The van der Waals surface area contributed by atoms with Crippen LogP contribution in [0.3, 0.4) is 0 Å². The van der Waals surface area contributed by atoms with Crippen molar-refractivity contribution >= 4 is 0 Å². The topological polar surface area (TPSA) is 43.4 Å². The molecule has 0 saturated carbocycles. The highest BCUT2D eigenvalue weighted by Gasteiger charge is 2.26. The van der Waals surface area contributed by atoms with Crippen molar-refractivity contribution in [3.8, 4) is 0 Å². The van der Waals surface area contributed by atoms with Gasteiger partial charge in [0.05, 0.1) is 13.1 Å². The summed E-state index contributed by atoms with van der Waals surface area (Å²) < 4.78 is 8.44. The molecule has 0 aliphatic heterocycles. The van der Waals surface area contributed by atoms with Gasteiger partial charge in [0.1, 0.15) is 13.1 Å². The van der Waals surface area contributed by atoms with Crippen LogP contribution in [-0.2, 0) is 26.2 Å². The standard InChI is InChI=1S/C19H36N6/c1-17(2,3)9-24-15-22(13-20-24)11-19(7,8)12-23-14-21-25(16-23)10-18(4,5)6/h13-16H,9-12H2,1-8H3/q+2. The van der Waals surface area contributed by atoms with Crippen molar-refractivity contribution in [3.63, 3.8) is 0 Å². The van der Waals surface area contributed by atoms with E-state index in [1.165, 1.54) is 0 Å². The molecule has 0 aliphatic carbocycles. The van der Waals surface area contributed by atoms with E-state index >= 15 is 0 Å². The number of nitrogens with zero attached hydrogens (tertiary/aromatic N) is 6. The molecule has 0 unspecified atom stereocenters. The Balaban J connectivity index is 1.98. The molecule has 25 heavy (non-hydrogen) atoms. The maximum Gasteiger partial charge on any atom is 0.265 e. The van der Waals surface area contributed by atoms with Crippen LogP contribution in [0.5, 0.6) is 0 Å². The van der Waals surface area contributed by atoms with Gasteiger partial charge in [-0.2, -0.15) is 0 Å². The largest absolute Gasteiger partial charge is 0.265 e. The smallest absolute Gasteiger partial charge is 0.236 e. The summed E-state index contributed by atoms with van der Waals surface area (Å²) in [6, 6.07) is 0. The molecule has 2 aromatic rings. The van der Waals surface area contributed by atoms with Crippen LogP contribution in [-0.4, -0.2) is 19.6 Å². The second-order valence-corrected chi connectivity index (χ2v) is 10.5. The highest BCUT2D eigenvalue weighted by molar-refractivity contribution is 4.64. The van der Waals surface area contributed by atoms with E-state index in [2.05, 4.69) is 87.4 Å². The zero-order valence-corrected chi connectivity index (χ0v) is 17.3. The first-order valence-electron chi connectivity index (χ1n) is 9.14. The van der Waals surface area contributed by atoms with Crippen molar-refractivity contribution in [2.75, 3.05) is 0 Å². The predicted molar refractivity (Wildman–Crippen MR) is 97.5 cm³/mol. The third kappa shape index (κ3) is 6.96. The lowest BCUT2D eigenvalue weighted by atomic mass is 9.93. The fraction of sp³-hybridized carbons (Fsp3) is 0.789. The number of rotatable bonds is 6. The van der Waals surface area contributed by atoms with E-state index in [-0.39, 0.29) is 16.2 Å². The lowest BCUT2D eigenvalue weighted by Gasteiger charge is -2.20. The molecule has 0 fully saturated rings. The van der Waals surface area contributed by atoms with Gasteiger partial charge in [0, 0.05) is 15.6 Å². The average molecular weight is 349 g/mol. The molecule has 0 radical (unpaired) electrons. The van der Waals surface area contributed by atoms with Crippen molar-refractivity contribution in [2.24, 2.45) is 16.2 Å². The van der Waals surface area contributed by atoms with E-state index in [1.54, 1.807) is 0 Å². The molecule has 0 aliphatic rings. The zero-order chi connectivity index (χ0) is 18.9.